The molecule has 15 atom stereocenters. The molecule has 65 heavy (non-hydrogen) atoms. The summed E-state index contributed by atoms with van der Waals surface area (Å²) >= 11 is 0. The lowest BCUT2D eigenvalue weighted by Gasteiger charge is -2.33. The third-order valence-corrected chi connectivity index (χ3v) is 11.0. The number of nitrogens with two attached hydrogens (primary N) is 2. The number of aliphatic imine (C=N–C) groups is 1. The molecule has 0 radical (unpaired) electrons. The van der Waals surface area contributed by atoms with Gasteiger partial charge in [0.25, 0.3) is 5.56 Å². The van der Waals surface area contributed by atoms with E-state index in [9.17, 15) is 69.3 Å². The average Bonchev–Trinajstić information content (AvgIpc) is 3.68. The highest BCUT2D eigenvalue weighted by molar-refractivity contribution is 5.94. The number of nitrogens with one attached hydrogen (secondary N) is 7. The fourth-order valence-electron chi connectivity index (χ4n) is 7.35. The molecule has 4 heterocycles. The highest BCUT2D eigenvalue weighted by Gasteiger charge is 2.54. The smallest absolute Gasteiger partial charge is 0.330 e. The van der Waals surface area contributed by atoms with Crippen molar-refractivity contribution in [3.05, 3.63) is 33.1 Å². The number of H-pyrrole nitrogens is 1. The number of aliphatic hydroxyl groups excluding tert-OH is 5. The first-order valence-electron chi connectivity index (χ1n) is 20.9. The Kier molecular flexibility index (Phi) is 18.7. The van der Waals surface area contributed by atoms with Crippen LogP contribution in [-0.4, -0.2) is 193 Å². The first kappa shape index (κ1) is 52.3. The summed E-state index contributed by atoms with van der Waals surface area (Å²) in [4.78, 5) is 95.3. The summed E-state index contributed by atoms with van der Waals surface area (Å²) in [5, 5.41) is 89.4. The summed E-state index contributed by atoms with van der Waals surface area (Å²) in [6.07, 6.45) is -15.8. The zero-order valence-corrected chi connectivity index (χ0v) is 36.0. The van der Waals surface area contributed by atoms with Gasteiger partial charge in [-0.2, -0.15) is 0 Å². The van der Waals surface area contributed by atoms with Crippen molar-refractivity contribution in [2.75, 3.05) is 26.2 Å². The third-order valence-electron chi connectivity index (χ3n) is 11.0. The van der Waals surface area contributed by atoms with E-state index in [2.05, 4.69) is 36.9 Å². The molecular weight excluding hydrogens is 870 g/mol. The van der Waals surface area contributed by atoms with Gasteiger partial charge in [0.15, 0.2) is 18.5 Å². The highest BCUT2D eigenvalue weighted by Crippen LogP contribution is 2.34. The van der Waals surface area contributed by atoms with Crippen molar-refractivity contribution in [1.29, 1.82) is 0 Å². The standard InChI is InChI=1S/C37H61N11O17/c1-13(2)18(32(57)58)46-36(61)47-19(15-6-10-42-35(39)43-15)30(56)45-20(22(50)14(3)4)29(55)41-9-5-8-40-21(33(59)60)27(65-34-26(54)23(51)16(12-38)63-34)28-24(52)25(53)31(64-28)48-11-7-17(49)44-37(48)62/h7,11,13-16,18-28,31,34,40,50-54H,5-6,8-10,12,38H2,1-4H3,(H,41,55)(H,45,56)(H,57,58)(H,59,60)(H3,39,42,43)(H,44,49,62)(H2,46,47,61). The van der Waals surface area contributed by atoms with E-state index in [0.717, 1.165) is 16.8 Å². The molecule has 0 aromatic carbocycles. The molecule has 18 N–H and O–H groups in total. The van der Waals surface area contributed by atoms with Gasteiger partial charge in [-0.1, -0.05) is 27.7 Å². The number of urea groups is 1. The highest BCUT2D eigenvalue weighted by atomic mass is 16.7. The monoisotopic (exact) mass is 931 g/mol. The number of rotatable bonds is 22. The van der Waals surface area contributed by atoms with Crippen LogP contribution in [0.1, 0.15) is 46.8 Å². The van der Waals surface area contributed by atoms with Crippen molar-refractivity contribution in [3.8, 4) is 0 Å². The molecule has 1 aromatic heterocycles. The second-order valence-electron chi connectivity index (χ2n) is 16.4. The number of nitrogens with zero attached hydrogens (tertiary/aromatic N) is 2. The molecule has 28 heteroatoms. The van der Waals surface area contributed by atoms with Gasteiger partial charge in [-0.15, -0.1) is 0 Å². The van der Waals surface area contributed by atoms with Crippen LogP contribution in [0.3, 0.4) is 0 Å². The number of aromatic nitrogens is 2. The molecule has 0 bridgehead atoms. The lowest BCUT2D eigenvalue weighted by atomic mass is 9.97. The number of guanidine groups is 1. The molecule has 3 aliphatic heterocycles. The van der Waals surface area contributed by atoms with Gasteiger partial charge in [-0.25, -0.2) is 14.4 Å². The number of aromatic amines is 1. The molecule has 15 unspecified atom stereocenters. The van der Waals surface area contributed by atoms with Gasteiger partial charge in [-0.05, 0) is 31.2 Å². The molecule has 28 nitrogen and oxygen atoms in total. The SMILES string of the molecule is CC(C)C(NC(=O)NC(C(=O)NC(C(=O)NCCCNC(C(=O)O)C(OC1OC(CN)C(O)C1O)C1OC(n2ccc(=O)[nH]c2=O)C(O)C1O)C(O)C(C)C)C1CCN=C(N)N1)C(=O)O. The van der Waals surface area contributed by atoms with Crippen LogP contribution in [0.5, 0.6) is 0 Å². The second-order valence-corrected chi connectivity index (χ2v) is 16.4. The summed E-state index contributed by atoms with van der Waals surface area (Å²) < 4.78 is 17.9. The van der Waals surface area contributed by atoms with E-state index in [1.807, 2.05) is 4.98 Å². The second kappa shape index (κ2) is 23.2. The Labute approximate surface area is 370 Å². The predicted octanol–water partition coefficient (Wildman–Crippen LogP) is -7.55. The third kappa shape index (κ3) is 13.2. The van der Waals surface area contributed by atoms with Crippen molar-refractivity contribution >= 4 is 35.7 Å². The maximum absolute atomic E-state index is 13.9. The molecule has 0 saturated carbocycles. The van der Waals surface area contributed by atoms with Crippen LogP contribution in [0.15, 0.2) is 26.8 Å². The van der Waals surface area contributed by atoms with E-state index in [-0.39, 0.29) is 45.0 Å². The number of hydrogen-bond acceptors (Lipinski definition) is 20. The largest absolute Gasteiger partial charge is 0.480 e. The maximum Gasteiger partial charge on any atom is 0.330 e. The van der Waals surface area contributed by atoms with Gasteiger partial charge in [0, 0.05) is 31.9 Å². The summed E-state index contributed by atoms with van der Waals surface area (Å²) in [6.45, 7) is 5.71. The van der Waals surface area contributed by atoms with E-state index >= 15 is 0 Å². The number of hydrogen-bond donors (Lipinski definition) is 16. The van der Waals surface area contributed by atoms with E-state index in [1.54, 1.807) is 27.7 Å². The normalized spacial score (nSPS) is 28.2. The Bertz CT molecular complexity index is 1970. The van der Waals surface area contributed by atoms with Gasteiger partial charge in [0.1, 0.15) is 66.9 Å². The van der Waals surface area contributed by atoms with E-state index in [4.69, 9.17) is 25.7 Å². The van der Waals surface area contributed by atoms with Crippen LogP contribution in [0.25, 0.3) is 0 Å². The van der Waals surface area contributed by atoms with Crippen LogP contribution in [0, 0.1) is 11.8 Å². The minimum atomic E-state index is -1.95. The first-order chi connectivity index (χ1) is 30.6. The van der Waals surface area contributed by atoms with Crippen molar-refractivity contribution in [2.24, 2.45) is 28.3 Å². The fourth-order valence-corrected chi connectivity index (χ4v) is 7.35. The summed E-state index contributed by atoms with van der Waals surface area (Å²) in [5.74, 6) is -5.94. The topological polar surface area (TPSA) is 446 Å². The van der Waals surface area contributed by atoms with Gasteiger partial charge < -0.3 is 93.3 Å². The quantitative estimate of drug-likeness (QED) is 0.0480. The maximum atomic E-state index is 13.9. The van der Waals surface area contributed by atoms with Gasteiger partial charge in [-0.3, -0.25) is 33.7 Å². The fraction of sp³-hybridized carbons (Fsp3) is 0.730. The van der Waals surface area contributed by atoms with Crippen LogP contribution < -0.4 is 54.6 Å². The lowest BCUT2D eigenvalue weighted by Crippen LogP contribution is -2.66. The molecule has 3 aliphatic rings. The van der Waals surface area contributed by atoms with E-state index < -0.39 is 144 Å². The minimum Gasteiger partial charge on any atom is -0.480 e. The van der Waals surface area contributed by atoms with Crippen LogP contribution in [-0.2, 0) is 33.4 Å². The number of carboxylic acid groups (broad SMARTS) is 2. The van der Waals surface area contributed by atoms with Crippen molar-refractivity contribution in [1.82, 2.24) is 41.5 Å². The van der Waals surface area contributed by atoms with Gasteiger partial charge in [0.2, 0.25) is 11.8 Å². The number of carboxylic acids is 2. The van der Waals surface area contributed by atoms with Crippen molar-refractivity contribution in [2.45, 2.75) is 132 Å². The Balaban J connectivity index is 1.48. The molecule has 2 fully saturated rings. The minimum absolute atomic E-state index is 0.0418. The summed E-state index contributed by atoms with van der Waals surface area (Å²) in [6, 6.07) is -7.22. The number of aliphatic carboxylic acids is 2. The molecule has 1 aromatic rings. The summed E-state index contributed by atoms with van der Waals surface area (Å²) in [7, 11) is 0. The van der Waals surface area contributed by atoms with Gasteiger partial charge >= 0.3 is 23.7 Å². The predicted molar refractivity (Wildman–Crippen MR) is 221 cm³/mol. The lowest BCUT2D eigenvalue weighted by molar-refractivity contribution is -0.228. The van der Waals surface area contributed by atoms with E-state index in [0.29, 0.717) is 0 Å². The average molecular weight is 932 g/mol. The van der Waals surface area contributed by atoms with Crippen LogP contribution >= 0.6 is 0 Å². The van der Waals surface area contributed by atoms with Crippen molar-refractivity contribution < 1.29 is 73.9 Å². The first-order valence-corrected chi connectivity index (χ1v) is 20.9. The molecule has 0 spiro atoms. The Morgan fingerprint density at radius 2 is 1.57 bits per heavy atom. The number of carbonyl (C=O) groups excluding carboxylic acids is 3. The van der Waals surface area contributed by atoms with Crippen LogP contribution in [0.2, 0.25) is 0 Å². The van der Waals surface area contributed by atoms with Crippen LogP contribution in [0.4, 0.5) is 4.79 Å². The number of aliphatic hydroxyl groups is 5. The van der Waals surface area contributed by atoms with Crippen molar-refractivity contribution in [3.63, 3.8) is 0 Å². The molecule has 4 rings (SSSR count). The molecule has 366 valence electrons. The number of ether oxygens (including phenoxy) is 3. The zero-order valence-electron chi connectivity index (χ0n) is 36.0. The summed E-state index contributed by atoms with van der Waals surface area (Å²) in [5.41, 5.74) is 9.64. The molecule has 2 saturated heterocycles. The number of amides is 4. The molecule has 0 aliphatic carbocycles. The van der Waals surface area contributed by atoms with E-state index in [1.165, 1.54) is 0 Å². The zero-order chi connectivity index (χ0) is 48.4. The van der Waals surface area contributed by atoms with Gasteiger partial charge in [0.05, 0.1) is 12.1 Å². The molecular formula is C37H61N11O17. The Morgan fingerprint density at radius 3 is 2.14 bits per heavy atom. The molecule has 4 amide bonds. The number of carbonyl (C=O) groups is 5. The Morgan fingerprint density at radius 1 is 0.892 bits per heavy atom. The Hall–Kier alpha value is -5.30.